The fourth-order valence-corrected chi connectivity index (χ4v) is 2.60. The number of carbonyl (C=O) groups is 2. The summed E-state index contributed by atoms with van der Waals surface area (Å²) in [5.41, 5.74) is 3.55. The van der Waals surface area contributed by atoms with Crippen LogP contribution in [-0.4, -0.2) is 34.6 Å². The van der Waals surface area contributed by atoms with E-state index in [0.717, 1.165) is 36.0 Å². The molecule has 0 saturated heterocycles. The molecule has 0 spiro atoms. The maximum Gasteiger partial charge on any atom is 0.416 e. The third-order valence-corrected chi connectivity index (χ3v) is 4.13. The van der Waals surface area contributed by atoms with Crippen molar-refractivity contribution in [3.05, 3.63) is 45.7 Å². The summed E-state index contributed by atoms with van der Waals surface area (Å²) in [7, 11) is 1.45. The first kappa shape index (κ1) is 20.3. The molecular formula is C15H14F3N5O3S. The van der Waals surface area contributed by atoms with E-state index in [0.29, 0.717) is 0 Å². The van der Waals surface area contributed by atoms with Crippen LogP contribution < -0.4 is 21.9 Å². The van der Waals surface area contributed by atoms with Crippen molar-refractivity contribution in [2.24, 2.45) is 0 Å². The molecule has 0 bridgehead atoms. The number of hydrogen-bond acceptors (Lipinski definition) is 6. The summed E-state index contributed by atoms with van der Waals surface area (Å²) in [6.07, 6.45) is -4.53. The van der Waals surface area contributed by atoms with Crippen molar-refractivity contribution in [3.8, 4) is 0 Å². The van der Waals surface area contributed by atoms with E-state index in [2.05, 4.69) is 20.6 Å². The summed E-state index contributed by atoms with van der Waals surface area (Å²) in [5.74, 6) is -1.41. The van der Waals surface area contributed by atoms with E-state index in [1.54, 1.807) is 0 Å². The molecule has 2 amide bonds. The second kappa shape index (κ2) is 8.12. The van der Waals surface area contributed by atoms with Gasteiger partial charge in [-0.3, -0.25) is 19.4 Å². The molecule has 0 aliphatic heterocycles. The monoisotopic (exact) mass is 401 g/mol. The first-order valence-electron chi connectivity index (χ1n) is 7.33. The van der Waals surface area contributed by atoms with Gasteiger partial charge >= 0.3 is 6.18 Å². The highest BCUT2D eigenvalue weighted by atomic mass is 32.2. The number of nitrogen functional groups attached to an aromatic ring is 1. The topological polar surface area (TPSA) is 130 Å². The van der Waals surface area contributed by atoms with E-state index >= 15 is 0 Å². The maximum atomic E-state index is 12.5. The van der Waals surface area contributed by atoms with Crippen molar-refractivity contribution < 1.29 is 22.8 Å². The van der Waals surface area contributed by atoms with Crippen LogP contribution in [0.15, 0.2) is 34.2 Å². The van der Waals surface area contributed by atoms with Gasteiger partial charge in [0, 0.05) is 12.6 Å². The average Bonchev–Trinajstić information content (AvgIpc) is 2.61. The molecule has 2 rings (SSSR count). The van der Waals surface area contributed by atoms with Crippen LogP contribution in [0.2, 0.25) is 0 Å². The predicted octanol–water partition coefficient (Wildman–Crippen LogP) is 1.46. The van der Waals surface area contributed by atoms with Crippen molar-refractivity contribution in [3.63, 3.8) is 0 Å². The van der Waals surface area contributed by atoms with Gasteiger partial charge in [0.25, 0.3) is 11.5 Å². The first-order valence-corrected chi connectivity index (χ1v) is 8.32. The number of hydrogen-bond donors (Lipinski definition) is 4. The van der Waals surface area contributed by atoms with E-state index in [4.69, 9.17) is 5.73 Å². The van der Waals surface area contributed by atoms with E-state index < -0.39 is 23.2 Å². The van der Waals surface area contributed by atoms with Crippen molar-refractivity contribution in [1.29, 1.82) is 0 Å². The zero-order chi connectivity index (χ0) is 20.2. The number of nitrogens with zero attached hydrogens (tertiary/aromatic N) is 1. The minimum Gasteiger partial charge on any atom is -0.382 e. The molecule has 2 aromatic rings. The van der Waals surface area contributed by atoms with Crippen LogP contribution in [0.3, 0.4) is 0 Å². The second-order valence-corrected chi connectivity index (χ2v) is 6.09. The van der Waals surface area contributed by atoms with Gasteiger partial charge in [0.05, 0.1) is 11.3 Å². The van der Waals surface area contributed by atoms with Gasteiger partial charge in [-0.25, -0.2) is 4.98 Å². The van der Waals surface area contributed by atoms with Crippen LogP contribution in [0.5, 0.6) is 0 Å². The lowest BCUT2D eigenvalue weighted by molar-refractivity contribution is -0.137. The highest BCUT2D eigenvalue weighted by Crippen LogP contribution is 2.29. The minimum absolute atomic E-state index is 0.00383. The number of anilines is 2. The molecule has 8 nitrogen and oxygen atoms in total. The Kier molecular flexibility index (Phi) is 6.10. The molecule has 1 heterocycles. The number of thioether (sulfide) groups is 1. The number of aromatic nitrogens is 2. The lowest BCUT2D eigenvalue weighted by Gasteiger charge is -2.10. The third-order valence-electron chi connectivity index (χ3n) is 3.26. The molecular weight excluding hydrogens is 387 g/mol. The molecule has 0 radical (unpaired) electrons. The van der Waals surface area contributed by atoms with Gasteiger partial charge in [-0.15, -0.1) is 0 Å². The van der Waals surface area contributed by atoms with Gasteiger partial charge < -0.3 is 16.4 Å². The summed E-state index contributed by atoms with van der Waals surface area (Å²) >= 11 is 0.931. The zero-order valence-corrected chi connectivity index (χ0v) is 14.6. The van der Waals surface area contributed by atoms with Crippen LogP contribution >= 0.6 is 11.8 Å². The lowest BCUT2D eigenvalue weighted by atomic mass is 10.1. The van der Waals surface area contributed by atoms with Crippen LogP contribution in [0.25, 0.3) is 0 Å². The van der Waals surface area contributed by atoms with Gasteiger partial charge in [-0.2, -0.15) is 13.2 Å². The number of halogens is 3. The quantitative estimate of drug-likeness (QED) is 0.443. The second-order valence-electron chi connectivity index (χ2n) is 5.12. The van der Waals surface area contributed by atoms with E-state index in [1.165, 1.54) is 7.05 Å². The van der Waals surface area contributed by atoms with Gasteiger partial charge in [0.15, 0.2) is 11.0 Å². The molecule has 1 aromatic carbocycles. The number of aromatic amines is 1. The summed E-state index contributed by atoms with van der Waals surface area (Å²) in [4.78, 5) is 41.6. The van der Waals surface area contributed by atoms with E-state index in [9.17, 15) is 27.6 Å². The number of alkyl halides is 3. The third kappa shape index (κ3) is 5.23. The zero-order valence-electron chi connectivity index (χ0n) is 13.8. The van der Waals surface area contributed by atoms with Gasteiger partial charge in [-0.05, 0) is 24.3 Å². The van der Waals surface area contributed by atoms with Crippen LogP contribution in [0, 0.1) is 0 Å². The molecule has 1 aromatic heterocycles. The van der Waals surface area contributed by atoms with Crippen LogP contribution in [0.1, 0.15) is 15.9 Å². The minimum atomic E-state index is -4.53. The molecule has 12 heteroatoms. The van der Waals surface area contributed by atoms with Crippen molar-refractivity contribution in [2.75, 3.05) is 23.9 Å². The Balaban J connectivity index is 2.16. The van der Waals surface area contributed by atoms with Crippen molar-refractivity contribution in [1.82, 2.24) is 15.3 Å². The number of nitrogens with two attached hydrogens (primary N) is 1. The SMILES string of the molecule is CNC(=O)CSc1nc(N)c(NC(=O)c2ccc(C(F)(F)F)cc2)c(=O)[nH]1. The smallest absolute Gasteiger partial charge is 0.382 e. The summed E-state index contributed by atoms with van der Waals surface area (Å²) in [5, 5.41) is 4.69. The average molecular weight is 401 g/mol. The number of carbonyl (C=O) groups excluding carboxylic acids is 2. The van der Waals surface area contributed by atoms with Crippen LogP contribution in [0.4, 0.5) is 24.7 Å². The number of rotatable bonds is 5. The highest BCUT2D eigenvalue weighted by molar-refractivity contribution is 7.99. The lowest BCUT2D eigenvalue weighted by Crippen LogP contribution is -2.24. The Morgan fingerprint density at radius 2 is 1.89 bits per heavy atom. The van der Waals surface area contributed by atoms with E-state index in [-0.39, 0.29) is 33.9 Å². The molecule has 27 heavy (non-hydrogen) atoms. The molecule has 0 atom stereocenters. The Morgan fingerprint density at radius 3 is 2.41 bits per heavy atom. The Labute approximate surface area is 154 Å². The standard InChI is InChI=1S/C15H14F3N5O3S/c1-20-9(24)6-27-14-22-11(19)10(13(26)23-14)21-12(25)7-2-4-8(5-3-7)15(16,17)18/h2-5H,6H2,1H3,(H,20,24)(H,21,25)(H3,19,22,23,26). The first-order chi connectivity index (χ1) is 12.6. The fourth-order valence-electron chi connectivity index (χ4n) is 1.86. The fraction of sp³-hybridized carbons (Fsp3) is 0.200. The summed E-state index contributed by atoms with van der Waals surface area (Å²) < 4.78 is 37.6. The maximum absolute atomic E-state index is 12.5. The van der Waals surface area contributed by atoms with Gasteiger partial charge in [0.2, 0.25) is 5.91 Å². The Hall–Kier alpha value is -3.02. The number of nitrogens with one attached hydrogen (secondary N) is 3. The summed E-state index contributed by atoms with van der Waals surface area (Å²) in [6.45, 7) is 0. The summed E-state index contributed by atoms with van der Waals surface area (Å²) in [6, 6.07) is 3.45. The van der Waals surface area contributed by atoms with Gasteiger partial charge in [-0.1, -0.05) is 11.8 Å². The highest BCUT2D eigenvalue weighted by Gasteiger charge is 2.30. The van der Waals surface area contributed by atoms with E-state index in [1.807, 2.05) is 0 Å². The Bertz CT molecular complexity index is 912. The number of H-pyrrole nitrogens is 1. The molecule has 0 saturated carbocycles. The Morgan fingerprint density at radius 1 is 1.26 bits per heavy atom. The molecule has 144 valence electrons. The van der Waals surface area contributed by atoms with Gasteiger partial charge in [0.1, 0.15) is 5.69 Å². The molecule has 5 N–H and O–H groups in total. The number of benzene rings is 1. The molecule has 0 aliphatic rings. The number of amides is 2. The molecule has 0 aliphatic carbocycles. The largest absolute Gasteiger partial charge is 0.416 e. The van der Waals surface area contributed by atoms with Crippen LogP contribution in [-0.2, 0) is 11.0 Å². The predicted molar refractivity (Wildman–Crippen MR) is 93.5 cm³/mol. The molecule has 0 unspecified atom stereocenters. The van der Waals surface area contributed by atoms with Crippen molar-refractivity contribution >= 4 is 35.1 Å². The van der Waals surface area contributed by atoms with Crippen molar-refractivity contribution in [2.45, 2.75) is 11.3 Å². The molecule has 0 fully saturated rings. The normalized spacial score (nSPS) is 11.1.